The van der Waals surface area contributed by atoms with E-state index in [1.54, 1.807) is 42.7 Å². The molecule has 1 amide bonds. The highest BCUT2D eigenvalue weighted by Gasteiger charge is 2.26. The molecule has 0 atom stereocenters. The Hall–Kier alpha value is -2.84. The summed E-state index contributed by atoms with van der Waals surface area (Å²) in [4.78, 5) is 21.1. The van der Waals surface area contributed by atoms with Crippen molar-refractivity contribution >= 4 is 32.7 Å². The van der Waals surface area contributed by atoms with Crippen molar-refractivity contribution in [2.45, 2.75) is 17.7 Å². The van der Waals surface area contributed by atoms with Crippen LogP contribution in [0.15, 0.2) is 59.8 Å². The quantitative estimate of drug-likeness (QED) is 0.749. The highest BCUT2D eigenvalue weighted by atomic mass is 32.2. The lowest BCUT2D eigenvalue weighted by Crippen LogP contribution is -2.27. The van der Waals surface area contributed by atoms with E-state index < -0.39 is 10.0 Å². The summed E-state index contributed by atoms with van der Waals surface area (Å²) in [6, 6.07) is 11.3. The molecule has 0 radical (unpaired) electrons. The summed E-state index contributed by atoms with van der Waals surface area (Å²) in [5.74, 6) is -0.294. The minimum absolute atomic E-state index is 0.239. The molecule has 7 nitrogen and oxygen atoms in total. The molecule has 1 fully saturated rings. The zero-order chi connectivity index (χ0) is 18.9. The van der Waals surface area contributed by atoms with E-state index in [0.717, 1.165) is 12.8 Å². The maximum atomic E-state index is 12.5. The summed E-state index contributed by atoms with van der Waals surface area (Å²) >= 11 is 0. The van der Waals surface area contributed by atoms with E-state index in [0.29, 0.717) is 35.4 Å². The summed E-state index contributed by atoms with van der Waals surface area (Å²) < 4.78 is 26.6. The standard InChI is InChI=1S/C19H18N4O3S/c24-19(14-3-8-17-18(13-14)21-10-9-20-17)22-15-4-6-16(7-5-15)27(25,26)23-11-1-2-12-23/h3-10,13H,1-2,11-12H2,(H,22,24). The van der Waals surface area contributed by atoms with Crippen molar-refractivity contribution in [3.8, 4) is 0 Å². The number of hydrogen-bond donors (Lipinski definition) is 1. The fourth-order valence-corrected chi connectivity index (χ4v) is 4.61. The number of carbonyl (C=O) groups is 1. The van der Waals surface area contributed by atoms with E-state index in [4.69, 9.17) is 0 Å². The van der Waals surface area contributed by atoms with E-state index >= 15 is 0 Å². The summed E-state index contributed by atoms with van der Waals surface area (Å²) in [5, 5.41) is 2.78. The third kappa shape index (κ3) is 3.54. The average molecular weight is 382 g/mol. The van der Waals surface area contributed by atoms with Crippen LogP contribution in [0, 0.1) is 0 Å². The van der Waals surface area contributed by atoms with E-state index in [1.165, 1.54) is 16.4 Å². The van der Waals surface area contributed by atoms with Crippen molar-refractivity contribution in [1.29, 1.82) is 0 Å². The first-order valence-corrected chi connectivity index (χ1v) is 10.1. The van der Waals surface area contributed by atoms with Gasteiger partial charge in [-0.25, -0.2) is 8.42 Å². The van der Waals surface area contributed by atoms with E-state index in [9.17, 15) is 13.2 Å². The first kappa shape index (κ1) is 17.6. The molecule has 0 bridgehead atoms. The van der Waals surface area contributed by atoms with Gasteiger partial charge in [0.25, 0.3) is 5.91 Å². The van der Waals surface area contributed by atoms with Crippen molar-refractivity contribution in [2.24, 2.45) is 0 Å². The molecule has 1 aromatic heterocycles. The summed E-state index contributed by atoms with van der Waals surface area (Å²) in [5.41, 5.74) is 2.33. The Balaban J connectivity index is 1.51. The number of anilines is 1. The number of amides is 1. The van der Waals surface area contributed by atoms with Gasteiger partial charge in [0, 0.05) is 36.7 Å². The lowest BCUT2D eigenvalue weighted by Gasteiger charge is -2.15. The predicted octanol–water partition coefficient (Wildman–Crippen LogP) is 2.67. The third-order valence-corrected chi connectivity index (χ3v) is 6.46. The highest BCUT2D eigenvalue weighted by Crippen LogP contribution is 2.22. The Morgan fingerprint density at radius 3 is 2.30 bits per heavy atom. The Bertz CT molecular complexity index is 1090. The molecule has 2 aromatic carbocycles. The van der Waals surface area contributed by atoms with Gasteiger partial charge in [-0.1, -0.05) is 0 Å². The molecule has 0 aliphatic carbocycles. The highest BCUT2D eigenvalue weighted by molar-refractivity contribution is 7.89. The average Bonchev–Trinajstić information content (AvgIpc) is 3.24. The lowest BCUT2D eigenvalue weighted by molar-refractivity contribution is 0.102. The molecule has 27 heavy (non-hydrogen) atoms. The van der Waals surface area contributed by atoms with Gasteiger partial charge < -0.3 is 5.32 Å². The van der Waals surface area contributed by atoms with Crippen molar-refractivity contribution in [1.82, 2.24) is 14.3 Å². The van der Waals surface area contributed by atoms with Gasteiger partial charge >= 0.3 is 0 Å². The smallest absolute Gasteiger partial charge is 0.255 e. The van der Waals surface area contributed by atoms with Crippen molar-refractivity contribution < 1.29 is 13.2 Å². The van der Waals surface area contributed by atoms with Gasteiger partial charge in [-0.3, -0.25) is 14.8 Å². The van der Waals surface area contributed by atoms with Gasteiger partial charge in [-0.2, -0.15) is 4.31 Å². The maximum absolute atomic E-state index is 12.5. The van der Waals surface area contributed by atoms with E-state index in [1.807, 2.05) is 0 Å². The van der Waals surface area contributed by atoms with Crippen LogP contribution in [0.2, 0.25) is 0 Å². The van der Waals surface area contributed by atoms with Crippen LogP contribution in [-0.2, 0) is 10.0 Å². The molecule has 1 aliphatic rings. The number of benzene rings is 2. The van der Waals surface area contributed by atoms with Gasteiger partial charge in [0.2, 0.25) is 10.0 Å². The number of aromatic nitrogens is 2. The summed E-state index contributed by atoms with van der Waals surface area (Å²) in [7, 11) is -3.45. The van der Waals surface area contributed by atoms with Crippen molar-refractivity contribution in [3.05, 3.63) is 60.4 Å². The summed E-state index contributed by atoms with van der Waals surface area (Å²) in [6.07, 6.45) is 4.95. The molecule has 2 heterocycles. The molecular weight excluding hydrogens is 364 g/mol. The fraction of sp³-hybridized carbons (Fsp3) is 0.211. The number of rotatable bonds is 4. The van der Waals surface area contributed by atoms with Crippen LogP contribution in [-0.4, -0.2) is 41.7 Å². The first-order valence-electron chi connectivity index (χ1n) is 8.66. The van der Waals surface area contributed by atoms with Gasteiger partial charge in [0.1, 0.15) is 0 Å². The van der Waals surface area contributed by atoms with E-state index in [-0.39, 0.29) is 10.8 Å². The van der Waals surface area contributed by atoms with Gasteiger partial charge in [-0.05, 0) is 55.3 Å². The second kappa shape index (κ2) is 7.05. The molecule has 3 aromatic rings. The number of sulfonamides is 1. The molecule has 0 unspecified atom stereocenters. The van der Waals surface area contributed by atoms with Gasteiger partial charge in [-0.15, -0.1) is 0 Å². The minimum atomic E-state index is -3.45. The molecule has 138 valence electrons. The second-order valence-electron chi connectivity index (χ2n) is 6.35. The molecule has 8 heteroatoms. The third-order valence-electron chi connectivity index (χ3n) is 4.55. The monoisotopic (exact) mass is 382 g/mol. The van der Waals surface area contributed by atoms with Crippen molar-refractivity contribution in [2.75, 3.05) is 18.4 Å². The first-order chi connectivity index (χ1) is 13.0. The number of fused-ring (bicyclic) bond motifs is 1. The Morgan fingerprint density at radius 1 is 0.926 bits per heavy atom. The lowest BCUT2D eigenvalue weighted by atomic mass is 10.1. The molecule has 1 aliphatic heterocycles. The van der Waals surface area contributed by atoms with Crippen LogP contribution in [0.5, 0.6) is 0 Å². The van der Waals surface area contributed by atoms with Crippen LogP contribution < -0.4 is 5.32 Å². The molecule has 0 saturated carbocycles. The largest absolute Gasteiger partial charge is 0.322 e. The second-order valence-corrected chi connectivity index (χ2v) is 8.29. The SMILES string of the molecule is O=C(Nc1ccc(S(=O)(=O)N2CCCC2)cc1)c1ccc2nccnc2c1. The Kier molecular flexibility index (Phi) is 4.59. The van der Waals surface area contributed by atoms with Gasteiger partial charge in [0.15, 0.2) is 0 Å². The minimum Gasteiger partial charge on any atom is -0.322 e. The predicted molar refractivity (Wildman–Crippen MR) is 102 cm³/mol. The Morgan fingerprint density at radius 2 is 1.59 bits per heavy atom. The van der Waals surface area contributed by atoms with Crippen LogP contribution >= 0.6 is 0 Å². The number of nitrogens with one attached hydrogen (secondary N) is 1. The fourth-order valence-electron chi connectivity index (χ4n) is 3.10. The van der Waals surface area contributed by atoms with Crippen LogP contribution in [0.4, 0.5) is 5.69 Å². The summed E-state index contributed by atoms with van der Waals surface area (Å²) in [6.45, 7) is 1.12. The van der Waals surface area contributed by atoms with Crippen LogP contribution in [0.3, 0.4) is 0 Å². The molecular formula is C19H18N4O3S. The molecule has 1 N–H and O–H groups in total. The molecule has 0 spiro atoms. The number of hydrogen-bond acceptors (Lipinski definition) is 5. The zero-order valence-corrected chi connectivity index (χ0v) is 15.3. The zero-order valence-electron chi connectivity index (χ0n) is 14.5. The van der Waals surface area contributed by atoms with Crippen molar-refractivity contribution in [3.63, 3.8) is 0 Å². The van der Waals surface area contributed by atoms with Gasteiger partial charge in [0.05, 0.1) is 15.9 Å². The van der Waals surface area contributed by atoms with E-state index in [2.05, 4.69) is 15.3 Å². The topological polar surface area (TPSA) is 92.3 Å². The van der Waals surface area contributed by atoms with Crippen LogP contribution in [0.25, 0.3) is 11.0 Å². The normalized spacial score (nSPS) is 15.1. The Labute approximate surface area is 157 Å². The molecule has 4 rings (SSSR count). The maximum Gasteiger partial charge on any atom is 0.255 e. The van der Waals surface area contributed by atoms with Crippen LogP contribution in [0.1, 0.15) is 23.2 Å². The number of carbonyl (C=O) groups excluding carboxylic acids is 1. The number of nitrogens with zero attached hydrogens (tertiary/aromatic N) is 3. The molecule has 1 saturated heterocycles.